The minimum absolute atomic E-state index is 0.0767. The van der Waals surface area contributed by atoms with Crippen molar-refractivity contribution in [2.75, 3.05) is 11.9 Å². The van der Waals surface area contributed by atoms with Crippen LogP contribution in [-0.4, -0.2) is 12.5 Å². The van der Waals surface area contributed by atoms with Crippen molar-refractivity contribution in [3.63, 3.8) is 0 Å². The first-order valence-electron chi connectivity index (χ1n) is 7.01. The summed E-state index contributed by atoms with van der Waals surface area (Å²) in [5, 5.41) is 2.99. The molecule has 3 N–H and O–H groups in total. The van der Waals surface area contributed by atoms with Gasteiger partial charge in [-0.05, 0) is 55.8 Å². The molecule has 0 aliphatic rings. The van der Waals surface area contributed by atoms with E-state index >= 15 is 0 Å². The molecule has 0 saturated carbocycles. The Kier molecular flexibility index (Phi) is 6.03. The van der Waals surface area contributed by atoms with E-state index in [1.807, 2.05) is 32.0 Å². The van der Waals surface area contributed by atoms with Crippen molar-refractivity contribution in [2.45, 2.75) is 40.5 Å². The van der Waals surface area contributed by atoms with Crippen LogP contribution in [0.15, 0.2) is 18.2 Å². The lowest BCUT2D eigenvalue weighted by molar-refractivity contribution is -0.116. The van der Waals surface area contributed by atoms with Gasteiger partial charge in [0.2, 0.25) is 5.91 Å². The predicted octanol–water partition coefficient (Wildman–Crippen LogP) is 3.25. The van der Waals surface area contributed by atoms with Crippen LogP contribution in [0.3, 0.4) is 0 Å². The van der Waals surface area contributed by atoms with E-state index in [-0.39, 0.29) is 5.91 Å². The molecule has 1 aromatic rings. The van der Waals surface area contributed by atoms with Gasteiger partial charge in [-0.25, -0.2) is 0 Å². The van der Waals surface area contributed by atoms with Crippen LogP contribution in [0.4, 0.5) is 5.69 Å². The lowest BCUT2D eigenvalue weighted by Gasteiger charge is -2.18. The Labute approximate surface area is 116 Å². The molecule has 0 saturated heterocycles. The van der Waals surface area contributed by atoms with Crippen molar-refractivity contribution in [3.8, 4) is 0 Å². The van der Waals surface area contributed by atoms with E-state index in [1.54, 1.807) is 0 Å². The molecule has 3 heteroatoms. The van der Waals surface area contributed by atoms with Crippen LogP contribution in [0.25, 0.3) is 0 Å². The first-order chi connectivity index (χ1) is 8.93. The van der Waals surface area contributed by atoms with Crippen LogP contribution in [0, 0.1) is 25.7 Å². The van der Waals surface area contributed by atoms with Gasteiger partial charge in [-0.1, -0.05) is 26.0 Å². The van der Waals surface area contributed by atoms with Crippen molar-refractivity contribution in [1.29, 1.82) is 0 Å². The second-order valence-corrected chi connectivity index (χ2v) is 5.65. The number of benzene rings is 1. The highest BCUT2D eigenvalue weighted by Gasteiger charge is 2.13. The second kappa shape index (κ2) is 7.29. The monoisotopic (exact) mass is 262 g/mol. The Morgan fingerprint density at radius 3 is 2.58 bits per heavy atom. The summed E-state index contributed by atoms with van der Waals surface area (Å²) < 4.78 is 0. The number of nitrogens with two attached hydrogens (primary N) is 1. The zero-order valence-electron chi connectivity index (χ0n) is 12.5. The molecule has 1 rings (SSSR count). The standard InChI is InChI=1S/C16H26N2O/c1-11(2)14(10-17)7-8-16(19)18-15-9-12(3)5-6-13(15)4/h5-6,9,11,14H,7-8,10,17H2,1-4H3,(H,18,19). The molecule has 1 unspecified atom stereocenters. The number of amides is 1. The molecule has 0 heterocycles. The highest BCUT2D eigenvalue weighted by Crippen LogP contribution is 2.19. The average molecular weight is 262 g/mol. The van der Waals surface area contributed by atoms with Gasteiger partial charge < -0.3 is 11.1 Å². The summed E-state index contributed by atoms with van der Waals surface area (Å²) >= 11 is 0. The maximum Gasteiger partial charge on any atom is 0.224 e. The molecule has 0 aliphatic heterocycles. The van der Waals surface area contributed by atoms with Gasteiger partial charge in [-0.15, -0.1) is 0 Å². The molecule has 106 valence electrons. The molecule has 0 aliphatic carbocycles. The summed E-state index contributed by atoms with van der Waals surface area (Å²) in [6.45, 7) is 8.98. The molecule has 1 aromatic carbocycles. The smallest absolute Gasteiger partial charge is 0.224 e. The predicted molar refractivity (Wildman–Crippen MR) is 81.2 cm³/mol. The summed E-state index contributed by atoms with van der Waals surface area (Å²) in [5.41, 5.74) is 8.89. The normalized spacial score (nSPS) is 12.5. The van der Waals surface area contributed by atoms with Crippen molar-refractivity contribution in [2.24, 2.45) is 17.6 Å². The lowest BCUT2D eigenvalue weighted by Crippen LogP contribution is -2.22. The molecule has 1 atom stereocenters. The molecule has 0 fully saturated rings. The molecule has 19 heavy (non-hydrogen) atoms. The number of aryl methyl sites for hydroxylation is 2. The largest absolute Gasteiger partial charge is 0.330 e. The van der Waals surface area contributed by atoms with E-state index in [9.17, 15) is 4.79 Å². The second-order valence-electron chi connectivity index (χ2n) is 5.65. The van der Waals surface area contributed by atoms with Crippen LogP contribution >= 0.6 is 0 Å². The van der Waals surface area contributed by atoms with Gasteiger partial charge in [-0.3, -0.25) is 4.79 Å². The number of carbonyl (C=O) groups is 1. The van der Waals surface area contributed by atoms with Gasteiger partial charge >= 0.3 is 0 Å². The van der Waals surface area contributed by atoms with E-state index < -0.39 is 0 Å². The average Bonchev–Trinajstić information content (AvgIpc) is 2.34. The molecule has 0 radical (unpaired) electrons. The van der Waals surface area contributed by atoms with E-state index in [0.29, 0.717) is 24.8 Å². The third-order valence-electron chi connectivity index (χ3n) is 3.65. The number of hydrogen-bond donors (Lipinski definition) is 2. The minimum atomic E-state index is 0.0767. The van der Waals surface area contributed by atoms with Gasteiger partial charge in [0.15, 0.2) is 0 Å². The first-order valence-corrected chi connectivity index (χ1v) is 7.01. The van der Waals surface area contributed by atoms with Crippen LogP contribution < -0.4 is 11.1 Å². The summed E-state index contributed by atoms with van der Waals surface area (Å²) in [6.07, 6.45) is 1.39. The van der Waals surface area contributed by atoms with Crippen LogP contribution in [0.2, 0.25) is 0 Å². The fourth-order valence-electron chi connectivity index (χ4n) is 2.12. The van der Waals surface area contributed by atoms with Crippen LogP contribution in [0.5, 0.6) is 0 Å². The Balaban J connectivity index is 2.53. The SMILES string of the molecule is Cc1ccc(C)c(NC(=O)CCC(CN)C(C)C)c1. The first kappa shape index (κ1) is 15.7. The zero-order valence-corrected chi connectivity index (χ0v) is 12.5. The van der Waals surface area contributed by atoms with Crippen molar-refractivity contribution in [3.05, 3.63) is 29.3 Å². The topological polar surface area (TPSA) is 55.1 Å². The number of carbonyl (C=O) groups excluding carboxylic acids is 1. The fraction of sp³-hybridized carbons (Fsp3) is 0.562. The Morgan fingerprint density at radius 1 is 1.32 bits per heavy atom. The summed E-state index contributed by atoms with van der Waals surface area (Å²) in [7, 11) is 0. The van der Waals surface area contributed by atoms with Crippen molar-refractivity contribution >= 4 is 11.6 Å². The summed E-state index contributed by atoms with van der Waals surface area (Å²) in [5.74, 6) is 1.02. The molecular formula is C16H26N2O. The van der Waals surface area contributed by atoms with E-state index in [4.69, 9.17) is 5.73 Å². The number of rotatable bonds is 6. The molecule has 1 amide bonds. The van der Waals surface area contributed by atoms with E-state index in [1.165, 1.54) is 0 Å². The maximum atomic E-state index is 12.0. The highest BCUT2D eigenvalue weighted by atomic mass is 16.1. The Hall–Kier alpha value is -1.35. The van der Waals surface area contributed by atoms with Crippen LogP contribution in [0.1, 0.15) is 37.8 Å². The van der Waals surface area contributed by atoms with Gasteiger partial charge in [0, 0.05) is 12.1 Å². The Bertz CT molecular complexity index is 427. The summed E-state index contributed by atoms with van der Waals surface area (Å²) in [4.78, 5) is 12.0. The number of hydrogen-bond acceptors (Lipinski definition) is 2. The Morgan fingerprint density at radius 2 is 2.00 bits per heavy atom. The quantitative estimate of drug-likeness (QED) is 0.826. The third-order valence-corrected chi connectivity index (χ3v) is 3.65. The fourth-order valence-corrected chi connectivity index (χ4v) is 2.12. The van der Waals surface area contributed by atoms with Crippen molar-refractivity contribution < 1.29 is 4.79 Å². The minimum Gasteiger partial charge on any atom is -0.330 e. The summed E-state index contributed by atoms with van der Waals surface area (Å²) in [6, 6.07) is 6.09. The zero-order chi connectivity index (χ0) is 14.4. The molecule has 0 aromatic heterocycles. The third kappa shape index (κ3) is 5.03. The molecule has 3 nitrogen and oxygen atoms in total. The van der Waals surface area contributed by atoms with E-state index in [2.05, 4.69) is 19.2 Å². The maximum absolute atomic E-state index is 12.0. The van der Waals surface area contributed by atoms with Crippen molar-refractivity contribution in [1.82, 2.24) is 0 Å². The number of nitrogens with one attached hydrogen (secondary N) is 1. The molecule has 0 spiro atoms. The highest BCUT2D eigenvalue weighted by molar-refractivity contribution is 5.91. The number of anilines is 1. The lowest BCUT2D eigenvalue weighted by atomic mass is 9.91. The molecule has 0 bridgehead atoms. The van der Waals surface area contributed by atoms with Gasteiger partial charge in [0.1, 0.15) is 0 Å². The van der Waals surface area contributed by atoms with Gasteiger partial charge in [0.05, 0.1) is 0 Å². The van der Waals surface area contributed by atoms with Gasteiger partial charge in [-0.2, -0.15) is 0 Å². The molecular weight excluding hydrogens is 236 g/mol. The van der Waals surface area contributed by atoms with Gasteiger partial charge in [0.25, 0.3) is 0 Å². The van der Waals surface area contributed by atoms with E-state index in [0.717, 1.165) is 23.2 Å². The van der Waals surface area contributed by atoms with Crippen LogP contribution in [-0.2, 0) is 4.79 Å².